The average Bonchev–Trinajstić information content (AvgIpc) is 2.44. The lowest BCUT2D eigenvalue weighted by molar-refractivity contribution is 0.201. The molecule has 1 aromatic heterocycles. The molecule has 5 nitrogen and oxygen atoms in total. The summed E-state index contributed by atoms with van der Waals surface area (Å²) in [6, 6.07) is 5.77. The number of aromatic nitrogens is 1. The number of hydrogen-bond donors (Lipinski definition) is 1. The Morgan fingerprint density at radius 1 is 1.25 bits per heavy atom. The van der Waals surface area contributed by atoms with Crippen molar-refractivity contribution in [2.45, 2.75) is 13.0 Å². The standard InChI is InChI=1S/C15H20N2O3/c1-10(18)9-17(2)15-12-8-14(20-4)13(19-3)7-11(12)5-6-16-15/h5-8,10,18H,9H2,1-4H3. The minimum Gasteiger partial charge on any atom is -0.493 e. The molecule has 1 unspecified atom stereocenters. The van der Waals surface area contributed by atoms with Gasteiger partial charge in [0.05, 0.1) is 20.3 Å². The van der Waals surface area contributed by atoms with Crippen LogP contribution in [0.1, 0.15) is 6.92 Å². The van der Waals surface area contributed by atoms with Crippen molar-refractivity contribution in [1.29, 1.82) is 0 Å². The Balaban J connectivity index is 2.56. The number of benzene rings is 1. The first kappa shape index (κ1) is 14.4. The van der Waals surface area contributed by atoms with Gasteiger partial charge in [-0.2, -0.15) is 0 Å². The number of hydrogen-bond acceptors (Lipinski definition) is 5. The molecule has 2 aromatic rings. The largest absolute Gasteiger partial charge is 0.493 e. The first-order chi connectivity index (χ1) is 9.56. The number of anilines is 1. The van der Waals surface area contributed by atoms with Crippen molar-refractivity contribution in [1.82, 2.24) is 4.98 Å². The van der Waals surface area contributed by atoms with Crippen molar-refractivity contribution in [3.63, 3.8) is 0 Å². The van der Waals surface area contributed by atoms with Crippen LogP contribution >= 0.6 is 0 Å². The van der Waals surface area contributed by atoms with Crippen molar-refractivity contribution in [2.24, 2.45) is 0 Å². The maximum Gasteiger partial charge on any atom is 0.161 e. The number of rotatable bonds is 5. The van der Waals surface area contributed by atoms with Crippen LogP contribution in [0.2, 0.25) is 0 Å². The van der Waals surface area contributed by atoms with Gasteiger partial charge in [0, 0.05) is 25.2 Å². The van der Waals surface area contributed by atoms with Crippen molar-refractivity contribution >= 4 is 16.6 Å². The topological polar surface area (TPSA) is 54.8 Å². The van der Waals surface area contributed by atoms with Gasteiger partial charge in [-0.1, -0.05) is 0 Å². The highest BCUT2D eigenvalue weighted by molar-refractivity contribution is 5.94. The van der Waals surface area contributed by atoms with Crippen LogP contribution in [-0.2, 0) is 0 Å². The smallest absolute Gasteiger partial charge is 0.161 e. The van der Waals surface area contributed by atoms with E-state index in [1.807, 2.05) is 30.1 Å². The number of nitrogens with zero attached hydrogens (tertiary/aromatic N) is 2. The number of likely N-dealkylation sites (N-methyl/N-ethyl adjacent to an activating group) is 1. The van der Waals surface area contributed by atoms with E-state index in [2.05, 4.69) is 4.98 Å². The maximum atomic E-state index is 9.52. The fourth-order valence-corrected chi connectivity index (χ4v) is 2.27. The van der Waals surface area contributed by atoms with E-state index in [9.17, 15) is 5.11 Å². The van der Waals surface area contributed by atoms with E-state index in [0.29, 0.717) is 18.0 Å². The van der Waals surface area contributed by atoms with E-state index >= 15 is 0 Å². The molecule has 0 saturated heterocycles. The van der Waals surface area contributed by atoms with Crippen LogP contribution in [0.4, 0.5) is 5.82 Å². The van der Waals surface area contributed by atoms with Crippen LogP contribution in [-0.4, -0.2) is 44.0 Å². The summed E-state index contributed by atoms with van der Waals surface area (Å²) in [6.07, 6.45) is 1.33. The number of aliphatic hydroxyl groups is 1. The minimum atomic E-state index is -0.419. The molecular formula is C15H20N2O3. The zero-order chi connectivity index (χ0) is 14.7. The first-order valence-corrected chi connectivity index (χ1v) is 6.46. The van der Waals surface area contributed by atoms with Crippen LogP contribution in [0, 0.1) is 0 Å². The van der Waals surface area contributed by atoms with Crippen molar-refractivity contribution in [3.8, 4) is 11.5 Å². The summed E-state index contributed by atoms with van der Waals surface area (Å²) in [4.78, 5) is 6.34. The molecular weight excluding hydrogens is 256 g/mol. The van der Waals surface area contributed by atoms with E-state index in [1.54, 1.807) is 27.3 Å². The fourth-order valence-electron chi connectivity index (χ4n) is 2.27. The van der Waals surface area contributed by atoms with Crippen molar-refractivity contribution in [3.05, 3.63) is 24.4 Å². The van der Waals surface area contributed by atoms with Gasteiger partial charge in [-0.15, -0.1) is 0 Å². The van der Waals surface area contributed by atoms with Crippen molar-refractivity contribution < 1.29 is 14.6 Å². The van der Waals surface area contributed by atoms with E-state index < -0.39 is 6.10 Å². The molecule has 0 saturated carbocycles. The summed E-state index contributed by atoms with van der Waals surface area (Å²) in [6.45, 7) is 2.27. The SMILES string of the molecule is COc1cc2ccnc(N(C)CC(C)O)c2cc1OC. The Bertz CT molecular complexity index is 599. The van der Waals surface area contributed by atoms with Gasteiger partial charge in [0.25, 0.3) is 0 Å². The van der Waals surface area contributed by atoms with Crippen LogP contribution in [0.25, 0.3) is 10.8 Å². The Morgan fingerprint density at radius 3 is 2.50 bits per heavy atom. The van der Waals surface area contributed by atoms with Gasteiger partial charge in [0.1, 0.15) is 5.82 Å². The second-order valence-corrected chi connectivity index (χ2v) is 4.79. The molecule has 0 spiro atoms. The lowest BCUT2D eigenvalue weighted by Gasteiger charge is -2.21. The molecule has 0 amide bonds. The highest BCUT2D eigenvalue weighted by atomic mass is 16.5. The first-order valence-electron chi connectivity index (χ1n) is 6.46. The van der Waals surface area contributed by atoms with Gasteiger partial charge in [-0.05, 0) is 30.5 Å². The predicted octanol–water partition coefficient (Wildman–Crippen LogP) is 2.07. The molecule has 0 radical (unpaired) electrons. The number of methoxy groups -OCH3 is 2. The molecule has 0 aliphatic rings. The lowest BCUT2D eigenvalue weighted by atomic mass is 10.1. The molecule has 0 bridgehead atoms. The number of fused-ring (bicyclic) bond motifs is 1. The van der Waals surface area contributed by atoms with E-state index in [0.717, 1.165) is 16.6 Å². The van der Waals surface area contributed by atoms with E-state index in [4.69, 9.17) is 9.47 Å². The molecule has 5 heteroatoms. The number of aliphatic hydroxyl groups excluding tert-OH is 1. The zero-order valence-electron chi connectivity index (χ0n) is 12.3. The van der Waals surface area contributed by atoms with E-state index in [1.165, 1.54) is 0 Å². The molecule has 108 valence electrons. The third-order valence-corrected chi connectivity index (χ3v) is 3.15. The van der Waals surface area contributed by atoms with Gasteiger partial charge < -0.3 is 19.5 Å². The second-order valence-electron chi connectivity index (χ2n) is 4.79. The average molecular weight is 276 g/mol. The summed E-state index contributed by atoms with van der Waals surface area (Å²) in [5.41, 5.74) is 0. The lowest BCUT2D eigenvalue weighted by Crippen LogP contribution is -2.27. The number of ether oxygens (including phenoxy) is 2. The molecule has 2 rings (SSSR count). The quantitative estimate of drug-likeness (QED) is 0.906. The normalized spacial score (nSPS) is 12.2. The van der Waals surface area contributed by atoms with Crippen LogP contribution in [0.3, 0.4) is 0 Å². The van der Waals surface area contributed by atoms with Gasteiger partial charge in [-0.3, -0.25) is 0 Å². The second kappa shape index (κ2) is 5.96. The van der Waals surface area contributed by atoms with Crippen molar-refractivity contribution in [2.75, 3.05) is 32.7 Å². The predicted molar refractivity (Wildman–Crippen MR) is 79.8 cm³/mol. The Hall–Kier alpha value is -2.01. The summed E-state index contributed by atoms with van der Waals surface area (Å²) in [5, 5.41) is 11.5. The summed E-state index contributed by atoms with van der Waals surface area (Å²) >= 11 is 0. The molecule has 1 aromatic carbocycles. The Morgan fingerprint density at radius 2 is 1.90 bits per heavy atom. The van der Waals surface area contributed by atoms with Crippen LogP contribution < -0.4 is 14.4 Å². The number of pyridine rings is 1. The monoisotopic (exact) mass is 276 g/mol. The van der Waals surface area contributed by atoms with Crippen LogP contribution in [0.5, 0.6) is 11.5 Å². The third kappa shape index (κ3) is 2.77. The van der Waals surface area contributed by atoms with Gasteiger partial charge in [-0.25, -0.2) is 4.98 Å². The molecule has 1 atom stereocenters. The summed E-state index contributed by atoms with van der Waals surface area (Å²) in [5.74, 6) is 2.17. The van der Waals surface area contributed by atoms with Gasteiger partial charge in [0.15, 0.2) is 11.5 Å². The molecule has 1 heterocycles. The van der Waals surface area contributed by atoms with Gasteiger partial charge >= 0.3 is 0 Å². The molecule has 0 aliphatic heterocycles. The third-order valence-electron chi connectivity index (χ3n) is 3.15. The van der Waals surface area contributed by atoms with Gasteiger partial charge in [0.2, 0.25) is 0 Å². The highest BCUT2D eigenvalue weighted by Crippen LogP contribution is 2.35. The fraction of sp³-hybridized carbons (Fsp3) is 0.400. The zero-order valence-corrected chi connectivity index (χ0v) is 12.3. The Kier molecular flexibility index (Phi) is 4.29. The summed E-state index contributed by atoms with van der Waals surface area (Å²) < 4.78 is 10.6. The minimum absolute atomic E-state index is 0.419. The molecule has 20 heavy (non-hydrogen) atoms. The maximum absolute atomic E-state index is 9.52. The van der Waals surface area contributed by atoms with Crippen LogP contribution in [0.15, 0.2) is 24.4 Å². The van der Waals surface area contributed by atoms with E-state index in [-0.39, 0.29) is 0 Å². The summed E-state index contributed by atoms with van der Waals surface area (Å²) in [7, 11) is 5.13. The highest BCUT2D eigenvalue weighted by Gasteiger charge is 2.13. The Labute approximate surface area is 118 Å². The molecule has 0 fully saturated rings. The molecule has 0 aliphatic carbocycles. The molecule has 1 N–H and O–H groups in total.